The molecule has 0 heterocycles. The van der Waals surface area contributed by atoms with E-state index in [0.717, 1.165) is 11.3 Å². The predicted molar refractivity (Wildman–Crippen MR) is 63.1 cm³/mol. The standard InChI is InChI=1S/C12H18N2O2/c1-4-16-11-7-5-10(6-8-11)9-12(15)13-14(2)3/h5-8H,4,9H2,1-3H3,(H,13,15). The number of ether oxygens (including phenoxy) is 1. The number of nitrogens with one attached hydrogen (secondary N) is 1. The van der Waals surface area contributed by atoms with Gasteiger partial charge >= 0.3 is 0 Å². The van der Waals surface area contributed by atoms with Crippen molar-refractivity contribution in [2.45, 2.75) is 13.3 Å². The molecule has 0 saturated carbocycles. The van der Waals surface area contributed by atoms with Crippen molar-refractivity contribution in [1.29, 1.82) is 0 Å². The molecule has 0 unspecified atom stereocenters. The molecule has 88 valence electrons. The SMILES string of the molecule is CCOc1ccc(CC(=O)NN(C)C)cc1. The number of nitrogens with zero attached hydrogens (tertiary/aromatic N) is 1. The molecule has 1 rings (SSSR count). The van der Waals surface area contributed by atoms with E-state index < -0.39 is 0 Å². The fourth-order valence-electron chi connectivity index (χ4n) is 1.34. The number of benzene rings is 1. The Labute approximate surface area is 96.2 Å². The summed E-state index contributed by atoms with van der Waals surface area (Å²) in [6, 6.07) is 7.56. The Morgan fingerprint density at radius 1 is 1.31 bits per heavy atom. The lowest BCUT2D eigenvalue weighted by Gasteiger charge is -2.11. The second-order valence-electron chi connectivity index (χ2n) is 3.68. The van der Waals surface area contributed by atoms with Crippen LogP contribution >= 0.6 is 0 Å². The summed E-state index contributed by atoms with van der Waals surface area (Å²) in [5.74, 6) is 0.813. The van der Waals surface area contributed by atoms with Crippen LogP contribution in [0.15, 0.2) is 24.3 Å². The summed E-state index contributed by atoms with van der Waals surface area (Å²) in [6.07, 6.45) is 0.380. The van der Waals surface area contributed by atoms with Crippen molar-refractivity contribution in [2.24, 2.45) is 0 Å². The van der Waals surface area contributed by atoms with Crippen LogP contribution in [0, 0.1) is 0 Å². The van der Waals surface area contributed by atoms with Crippen molar-refractivity contribution in [3.05, 3.63) is 29.8 Å². The molecule has 1 aromatic carbocycles. The Kier molecular flexibility index (Phi) is 4.79. The lowest BCUT2D eigenvalue weighted by Crippen LogP contribution is -2.37. The maximum atomic E-state index is 11.4. The quantitative estimate of drug-likeness (QED) is 0.762. The normalized spacial score (nSPS) is 10.2. The highest BCUT2D eigenvalue weighted by atomic mass is 16.5. The molecule has 4 heteroatoms. The fourth-order valence-corrected chi connectivity index (χ4v) is 1.34. The number of carbonyl (C=O) groups is 1. The van der Waals surface area contributed by atoms with E-state index in [-0.39, 0.29) is 5.91 Å². The average molecular weight is 222 g/mol. The van der Waals surface area contributed by atoms with E-state index in [0.29, 0.717) is 13.0 Å². The monoisotopic (exact) mass is 222 g/mol. The minimum atomic E-state index is -0.0193. The number of carbonyl (C=O) groups excluding carboxylic acids is 1. The van der Waals surface area contributed by atoms with E-state index in [9.17, 15) is 4.79 Å². The van der Waals surface area contributed by atoms with Gasteiger partial charge in [0.25, 0.3) is 0 Å². The first-order valence-corrected chi connectivity index (χ1v) is 5.30. The van der Waals surface area contributed by atoms with Gasteiger partial charge in [-0.3, -0.25) is 10.2 Å². The van der Waals surface area contributed by atoms with Crippen LogP contribution in [-0.4, -0.2) is 31.6 Å². The van der Waals surface area contributed by atoms with Gasteiger partial charge in [0.2, 0.25) is 5.91 Å². The first-order chi connectivity index (χ1) is 7.61. The summed E-state index contributed by atoms with van der Waals surface area (Å²) < 4.78 is 5.32. The van der Waals surface area contributed by atoms with Crippen molar-refractivity contribution >= 4 is 5.91 Å². The molecule has 0 radical (unpaired) electrons. The smallest absolute Gasteiger partial charge is 0.238 e. The van der Waals surface area contributed by atoms with Crippen LogP contribution in [0.1, 0.15) is 12.5 Å². The third-order valence-corrected chi connectivity index (χ3v) is 1.95. The van der Waals surface area contributed by atoms with Gasteiger partial charge in [0.1, 0.15) is 5.75 Å². The highest BCUT2D eigenvalue weighted by Gasteiger charge is 2.03. The van der Waals surface area contributed by atoms with Crippen LogP contribution in [0.2, 0.25) is 0 Å². The molecule has 1 amide bonds. The van der Waals surface area contributed by atoms with E-state index in [2.05, 4.69) is 5.43 Å². The summed E-state index contributed by atoms with van der Waals surface area (Å²) in [7, 11) is 3.58. The Hall–Kier alpha value is -1.55. The highest BCUT2D eigenvalue weighted by molar-refractivity contribution is 5.78. The molecule has 16 heavy (non-hydrogen) atoms. The third kappa shape index (κ3) is 4.31. The molecule has 0 spiro atoms. The molecule has 0 fully saturated rings. The molecule has 0 aliphatic rings. The molecular weight excluding hydrogens is 204 g/mol. The number of hydrazine groups is 1. The zero-order valence-corrected chi connectivity index (χ0v) is 9.99. The van der Waals surface area contributed by atoms with Crippen LogP contribution in [0.3, 0.4) is 0 Å². The van der Waals surface area contributed by atoms with Crippen molar-refractivity contribution in [1.82, 2.24) is 10.4 Å². The topological polar surface area (TPSA) is 41.6 Å². The van der Waals surface area contributed by atoms with Crippen molar-refractivity contribution in [2.75, 3.05) is 20.7 Å². The summed E-state index contributed by atoms with van der Waals surface area (Å²) in [5, 5.41) is 1.64. The number of hydrogen-bond donors (Lipinski definition) is 1. The average Bonchev–Trinajstić information content (AvgIpc) is 2.20. The van der Waals surface area contributed by atoms with Gasteiger partial charge in [-0.2, -0.15) is 0 Å². The van der Waals surface area contributed by atoms with Crippen LogP contribution in [0.25, 0.3) is 0 Å². The van der Waals surface area contributed by atoms with E-state index in [4.69, 9.17) is 4.74 Å². The molecular formula is C12H18N2O2. The Bertz CT molecular complexity index is 333. The van der Waals surface area contributed by atoms with Gasteiger partial charge < -0.3 is 4.74 Å². The summed E-state index contributed by atoms with van der Waals surface area (Å²) in [4.78, 5) is 11.4. The van der Waals surface area contributed by atoms with Crippen LogP contribution < -0.4 is 10.2 Å². The molecule has 0 saturated heterocycles. The number of rotatable bonds is 5. The minimum Gasteiger partial charge on any atom is -0.494 e. The van der Waals surface area contributed by atoms with E-state index in [1.807, 2.05) is 31.2 Å². The molecule has 0 aliphatic heterocycles. The molecule has 0 bridgehead atoms. The van der Waals surface area contributed by atoms with E-state index >= 15 is 0 Å². The molecule has 0 atom stereocenters. The van der Waals surface area contributed by atoms with Gasteiger partial charge in [0.05, 0.1) is 13.0 Å². The maximum Gasteiger partial charge on any atom is 0.238 e. The number of hydrogen-bond acceptors (Lipinski definition) is 3. The van der Waals surface area contributed by atoms with Gasteiger partial charge in [-0.05, 0) is 24.6 Å². The zero-order valence-electron chi connectivity index (χ0n) is 9.99. The molecule has 4 nitrogen and oxygen atoms in total. The van der Waals surface area contributed by atoms with Gasteiger partial charge in [-0.15, -0.1) is 0 Å². The van der Waals surface area contributed by atoms with Gasteiger partial charge in [0, 0.05) is 14.1 Å². The van der Waals surface area contributed by atoms with E-state index in [1.54, 1.807) is 19.1 Å². The summed E-state index contributed by atoms with van der Waals surface area (Å²) in [6.45, 7) is 2.60. The lowest BCUT2D eigenvalue weighted by atomic mass is 10.1. The Morgan fingerprint density at radius 2 is 1.94 bits per heavy atom. The molecule has 1 aromatic rings. The van der Waals surface area contributed by atoms with Gasteiger partial charge in [0.15, 0.2) is 0 Å². The first kappa shape index (κ1) is 12.5. The second-order valence-corrected chi connectivity index (χ2v) is 3.68. The molecule has 0 aromatic heterocycles. The lowest BCUT2D eigenvalue weighted by molar-refractivity contribution is -0.124. The summed E-state index contributed by atoms with van der Waals surface area (Å²) >= 11 is 0. The van der Waals surface area contributed by atoms with Crippen molar-refractivity contribution in [3.8, 4) is 5.75 Å². The van der Waals surface area contributed by atoms with Gasteiger partial charge in [-0.1, -0.05) is 12.1 Å². The number of amides is 1. The molecule has 1 N–H and O–H groups in total. The molecule has 0 aliphatic carbocycles. The van der Waals surface area contributed by atoms with Gasteiger partial charge in [-0.25, -0.2) is 5.01 Å². The second kappa shape index (κ2) is 6.12. The van der Waals surface area contributed by atoms with Crippen molar-refractivity contribution in [3.63, 3.8) is 0 Å². The predicted octanol–water partition coefficient (Wildman–Crippen LogP) is 1.22. The van der Waals surface area contributed by atoms with Crippen LogP contribution in [0.5, 0.6) is 5.75 Å². The Balaban J connectivity index is 2.51. The van der Waals surface area contributed by atoms with E-state index in [1.165, 1.54) is 0 Å². The first-order valence-electron chi connectivity index (χ1n) is 5.30. The largest absolute Gasteiger partial charge is 0.494 e. The highest BCUT2D eigenvalue weighted by Crippen LogP contribution is 2.12. The zero-order chi connectivity index (χ0) is 12.0. The third-order valence-electron chi connectivity index (χ3n) is 1.95. The van der Waals surface area contributed by atoms with Crippen LogP contribution in [-0.2, 0) is 11.2 Å². The fraction of sp³-hybridized carbons (Fsp3) is 0.417. The maximum absolute atomic E-state index is 11.4. The van der Waals surface area contributed by atoms with Crippen LogP contribution in [0.4, 0.5) is 0 Å². The minimum absolute atomic E-state index is 0.0193. The summed E-state index contributed by atoms with van der Waals surface area (Å²) in [5.41, 5.74) is 3.67. The Morgan fingerprint density at radius 3 is 2.44 bits per heavy atom. The van der Waals surface area contributed by atoms with Crippen molar-refractivity contribution < 1.29 is 9.53 Å².